The zero-order chi connectivity index (χ0) is 26.9. The zero-order valence-electron chi connectivity index (χ0n) is 23.2. The molecule has 0 N–H and O–H groups in total. The summed E-state index contributed by atoms with van der Waals surface area (Å²) in [6.45, 7) is 11.9. The summed E-state index contributed by atoms with van der Waals surface area (Å²) in [5.41, 5.74) is -1.40. The standard InChI is InChI=1S/C23H37O7Si.3CH3.Sn/c1-8-17-19(20(24)27-9-2)18(30-31(12-5,13-6)14-7)15-16-23(17,21(25)28-10-3)22(26)29-11-4;;;;/h1,8,17H,9-16H2,2-7H3;3*1H3;. The summed E-state index contributed by atoms with van der Waals surface area (Å²) in [5, 5.41) is 0. The molecule has 0 amide bonds. The topological polar surface area (TPSA) is 88.1 Å². The second kappa shape index (κ2) is 13.9. The maximum absolute atomic E-state index is 13.5. The van der Waals surface area contributed by atoms with Crippen LogP contribution in [0.5, 0.6) is 0 Å². The molecular formula is C26H46O7SiSn. The summed E-state index contributed by atoms with van der Waals surface area (Å²) >= 11 is -2.55. The fourth-order valence-corrected chi connectivity index (χ4v) is 9.38. The molecule has 0 aliphatic heterocycles. The minimum atomic E-state index is -2.55. The Morgan fingerprint density at radius 1 is 0.886 bits per heavy atom. The van der Waals surface area contributed by atoms with Gasteiger partial charge in [-0.05, 0) is 0 Å². The van der Waals surface area contributed by atoms with Crippen LogP contribution in [0, 0.1) is 11.3 Å². The molecule has 0 aromatic rings. The summed E-state index contributed by atoms with van der Waals surface area (Å²) < 4.78 is 25.2. The van der Waals surface area contributed by atoms with Gasteiger partial charge < -0.3 is 0 Å². The Hall–Kier alpha value is -1.29. The normalized spacial score (nSPS) is 18.4. The Morgan fingerprint density at radius 3 is 1.77 bits per heavy atom. The number of allylic oxidation sites excluding steroid dienone is 2. The quantitative estimate of drug-likeness (QED) is 0.112. The van der Waals surface area contributed by atoms with Crippen molar-refractivity contribution < 1.29 is 33.0 Å². The van der Waals surface area contributed by atoms with Crippen LogP contribution in [0.25, 0.3) is 0 Å². The van der Waals surface area contributed by atoms with E-state index in [9.17, 15) is 14.4 Å². The van der Waals surface area contributed by atoms with E-state index >= 15 is 0 Å². The van der Waals surface area contributed by atoms with Crippen molar-refractivity contribution in [3.8, 4) is 0 Å². The van der Waals surface area contributed by atoms with Gasteiger partial charge in [-0.15, -0.1) is 0 Å². The van der Waals surface area contributed by atoms with Crippen molar-refractivity contribution in [2.75, 3.05) is 19.8 Å². The fraction of sp³-hybridized carbons (Fsp3) is 0.731. The molecule has 0 bridgehead atoms. The molecule has 1 rings (SSSR count). The summed E-state index contributed by atoms with van der Waals surface area (Å²) in [5.74, 6) is -2.20. The van der Waals surface area contributed by atoms with E-state index < -0.39 is 55.9 Å². The zero-order valence-corrected chi connectivity index (χ0v) is 27.1. The third-order valence-corrected chi connectivity index (χ3v) is 14.7. The van der Waals surface area contributed by atoms with E-state index in [0.717, 1.165) is 18.1 Å². The molecule has 200 valence electrons. The molecular weight excluding hydrogens is 571 g/mol. The first kappa shape index (κ1) is 31.7. The summed E-state index contributed by atoms with van der Waals surface area (Å²) in [7, 11) is -2.14. The first-order valence-corrected chi connectivity index (χ1v) is 25.8. The maximum atomic E-state index is 13.5. The number of ether oxygens (including phenoxy) is 3. The molecule has 0 aromatic carbocycles. The number of esters is 3. The molecule has 0 aromatic heterocycles. The van der Waals surface area contributed by atoms with E-state index in [4.69, 9.17) is 18.6 Å². The van der Waals surface area contributed by atoms with Gasteiger partial charge in [-0.25, -0.2) is 0 Å². The van der Waals surface area contributed by atoms with Gasteiger partial charge in [0.25, 0.3) is 0 Å². The molecule has 0 spiro atoms. The van der Waals surface area contributed by atoms with E-state index in [-0.39, 0.29) is 38.2 Å². The van der Waals surface area contributed by atoms with Crippen LogP contribution >= 0.6 is 0 Å². The third-order valence-electron chi connectivity index (χ3n) is 6.72. The minimum absolute atomic E-state index is 0.119. The number of carbonyl (C=O) groups is 3. The van der Waals surface area contributed by atoms with Crippen molar-refractivity contribution in [1.82, 2.24) is 0 Å². The molecule has 0 saturated carbocycles. The number of rotatable bonds is 13. The van der Waals surface area contributed by atoms with E-state index in [0.29, 0.717) is 5.76 Å². The Labute approximate surface area is 217 Å². The molecule has 1 atom stereocenters. The molecule has 0 heterocycles. The average Bonchev–Trinajstić information content (AvgIpc) is 2.81. The van der Waals surface area contributed by atoms with Crippen LogP contribution < -0.4 is 0 Å². The predicted molar refractivity (Wildman–Crippen MR) is 143 cm³/mol. The monoisotopic (exact) mass is 618 g/mol. The first-order chi connectivity index (χ1) is 16.4. The van der Waals surface area contributed by atoms with Crippen molar-refractivity contribution in [2.24, 2.45) is 11.3 Å². The van der Waals surface area contributed by atoms with Gasteiger partial charge in [-0.2, -0.15) is 0 Å². The van der Waals surface area contributed by atoms with Crippen molar-refractivity contribution in [3.63, 3.8) is 0 Å². The van der Waals surface area contributed by atoms with Gasteiger partial charge >= 0.3 is 218 Å². The summed E-state index contributed by atoms with van der Waals surface area (Å²) in [4.78, 5) is 47.2. The van der Waals surface area contributed by atoms with Crippen molar-refractivity contribution >= 4 is 44.6 Å². The molecule has 9 heteroatoms. The van der Waals surface area contributed by atoms with Crippen LogP contribution in [0.3, 0.4) is 0 Å². The summed E-state index contributed by atoms with van der Waals surface area (Å²) in [6, 6.07) is 2.71. The molecule has 0 fully saturated rings. The Bertz CT molecular complexity index is 783. The first-order valence-electron chi connectivity index (χ1n) is 13.0. The van der Waals surface area contributed by atoms with Crippen molar-refractivity contribution in [3.05, 3.63) is 21.5 Å². The fourth-order valence-electron chi connectivity index (χ4n) is 4.51. The molecule has 0 saturated heterocycles. The van der Waals surface area contributed by atoms with Gasteiger partial charge in [0, 0.05) is 0 Å². The van der Waals surface area contributed by atoms with Crippen LogP contribution in [-0.2, 0) is 33.0 Å². The van der Waals surface area contributed by atoms with E-state index in [1.807, 2.05) is 6.08 Å². The van der Waals surface area contributed by atoms with Crippen molar-refractivity contribution in [1.29, 1.82) is 0 Å². The van der Waals surface area contributed by atoms with Crippen LogP contribution in [-0.4, -0.2) is 64.4 Å². The Balaban J connectivity index is 3.98. The molecule has 1 aliphatic rings. The SMILES string of the molecule is CCOC(=O)C1=C(O[Si](CC)(CC)CC)CCC(C(=O)OCC)(C(=O)OCC)C1/C=[CH]\[Sn]([CH3])([CH3])[CH3]. The van der Waals surface area contributed by atoms with Gasteiger partial charge in [0.2, 0.25) is 0 Å². The van der Waals surface area contributed by atoms with Crippen LogP contribution in [0.4, 0.5) is 0 Å². The van der Waals surface area contributed by atoms with Gasteiger partial charge in [-0.1, -0.05) is 0 Å². The number of carbonyl (C=O) groups excluding carboxylic acids is 3. The third kappa shape index (κ3) is 7.60. The predicted octanol–water partition coefficient (Wildman–Crippen LogP) is 5.78. The molecule has 1 unspecified atom stereocenters. The molecule has 7 nitrogen and oxygen atoms in total. The van der Waals surface area contributed by atoms with Gasteiger partial charge in [0.05, 0.1) is 0 Å². The molecule has 35 heavy (non-hydrogen) atoms. The van der Waals surface area contributed by atoms with Crippen LogP contribution in [0.1, 0.15) is 54.4 Å². The molecule has 0 radical (unpaired) electrons. The molecule has 1 aliphatic carbocycles. The average molecular weight is 617 g/mol. The number of hydrogen-bond donors (Lipinski definition) is 0. The summed E-state index contributed by atoms with van der Waals surface area (Å²) in [6.07, 6.45) is 2.29. The Morgan fingerprint density at radius 2 is 1.37 bits per heavy atom. The van der Waals surface area contributed by atoms with E-state index in [2.05, 4.69) is 39.7 Å². The van der Waals surface area contributed by atoms with Gasteiger partial charge in [0.15, 0.2) is 0 Å². The number of hydrogen-bond acceptors (Lipinski definition) is 7. The second-order valence-corrected chi connectivity index (χ2v) is 29.2. The van der Waals surface area contributed by atoms with Crippen molar-refractivity contribution in [2.45, 2.75) is 87.3 Å². The van der Waals surface area contributed by atoms with E-state index in [1.54, 1.807) is 20.8 Å². The second-order valence-electron chi connectivity index (χ2n) is 10.0. The van der Waals surface area contributed by atoms with Gasteiger partial charge in [0.1, 0.15) is 0 Å². The van der Waals surface area contributed by atoms with Gasteiger partial charge in [-0.3, -0.25) is 0 Å². The van der Waals surface area contributed by atoms with E-state index in [1.165, 1.54) is 0 Å². The van der Waals surface area contributed by atoms with Crippen LogP contribution in [0.2, 0.25) is 33.0 Å². The Kier molecular flexibility index (Phi) is 12.6. The van der Waals surface area contributed by atoms with Crippen LogP contribution in [0.15, 0.2) is 21.5 Å².